The van der Waals surface area contributed by atoms with Crippen LogP contribution in [0.3, 0.4) is 0 Å². The van der Waals surface area contributed by atoms with Crippen LogP contribution in [0.4, 0.5) is 19.0 Å². The standard InChI is InChI=1S/C11H11F3N4/c1-5(15)10-17-8-6(9(16)18-10)3-2-4-7(8)11(12,13)14/h2-5H,15H2,1H3,(H2,16,17,18). The third-order valence-corrected chi connectivity index (χ3v) is 2.49. The monoisotopic (exact) mass is 256 g/mol. The van der Waals surface area contributed by atoms with Gasteiger partial charge >= 0.3 is 6.18 Å². The van der Waals surface area contributed by atoms with Gasteiger partial charge in [0.15, 0.2) is 0 Å². The van der Waals surface area contributed by atoms with Crippen molar-refractivity contribution < 1.29 is 13.2 Å². The van der Waals surface area contributed by atoms with Crippen LogP contribution < -0.4 is 11.5 Å². The number of nitrogens with zero attached hydrogens (tertiary/aromatic N) is 2. The van der Waals surface area contributed by atoms with Crippen molar-refractivity contribution >= 4 is 16.7 Å². The summed E-state index contributed by atoms with van der Waals surface area (Å²) in [5, 5.41) is 0.175. The molecule has 2 aromatic rings. The summed E-state index contributed by atoms with van der Waals surface area (Å²) in [6.07, 6.45) is -4.49. The molecule has 0 aliphatic carbocycles. The quantitative estimate of drug-likeness (QED) is 0.820. The average molecular weight is 256 g/mol. The summed E-state index contributed by atoms with van der Waals surface area (Å²) >= 11 is 0. The van der Waals surface area contributed by atoms with Crippen molar-refractivity contribution in [3.63, 3.8) is 0 Å². The zero-order valence-corrected chi connectivity index (χ0v) is 9.49. The molecule has 0 amide bonds. The van der Waals surface area contributed by atoms with Crippen LogP contribution in [0.15, 0.2) is 18.2 Å². The zero-order chi connectivity index (χ0) is 13.5. The normalized spacial score (nSPS) is 13.8. The predicted octanol–water partition coefficient (Wildman–Crippen LogP) is 2.25. The van der Waals surface area contributed by atoms with Crippen LogP contribution in [0.5, 0.6) is 0 Å². The fourth-order valence-corrected chi connectivity index (χ4v) is 1.63. The second-order valence-corrected chi connectivity index (χ2v) is 3.96. The van der Waals surface area contributed by atoms with Crippen molar-refractivity contribution in [3.8, 4) is 0 Å². The van der Waals surface area contributed by atoms with E-state index in [2.05, 4.69) is 9.97 Å². The lowest BCUT2D eigenvalue weighted by atomic mass is 10.1. The molecule has 1 atom stereocenters. The number of fused-ring (bicyclic) bond motifs is 1. The number of para-hydroxylation sites is 1. The van der Waals surface area contributed by atoms with E-state index in [-0.39, 0.29) is 22.5 Å². The number of anilines is 1. The van der Waals surface area contributed by atoms with Crippen molar-refractivity contribution in [2.24, 2.45) is 5.73 Å². The molecule has 7 heteroatoms. The van der Waals surface area contributed by atoms with Crippen LogP contribution in [-0.4, -0.2) is 9.97 Å². The van der Waals surface area contributed by atoms with Crippen molar-refractivity contribution in [2.45, 2.75) is 19.1 Å². The maximum atomic E-state index is 12.8. The molecule has 1 unspecified atom stereocenters. The number of hydrogen-bond donors (Lipinski definition) is 2. The Bertz CT molecular complexity index is 593. The van der Waals surface area contributed by atoms with Gasteiger partial charge < -0.3 is 11.5 Å². The van der Waals surface area contributed by atoms with Gasteiger partial charge in [0, 0.05) is 5.39 Å². The van der Waals surface area contributed by atoms with Crippen LogP contribution in [0.1, 0.15) is 24.4 Å². The summed E-state index contributed by atoms with van der Waals surface area (Å²) in [5.74, 6) is 0.0927. The number of aromatic nitrogens is 2. The molecular weight excluding hydrogens is 245 g/mol. The van der Waals surface area contributed by atoms with Crippen molar-refractivity contribution in [1.29, 1.82) is 0 Å². The molecule has 0 aliphatic heterocycles. The molecule has 1 aromatic carbocycles. The highest BCUT2D eigenvalue weighted by molar-refractivity contribution is 5.90. The fraction of sp³-hybridized carbons (Fsp3) is 0.273. The molecule has 0 saturated heterocycles. The van der Waals surface area contributed by atoms with E-state index >= 15 is 0 Å². The summed E-state index contributed by atoms with van der Waals surface area (Å²) in [5.41, 5.74) is 10.1. The minimum Gasteiger partial charge on any atom is -0.383 e. The smallest absolute Gasteiger partial charge is 0.383 e. The third kappa shape index (κ3) is 2.08. The molecule has 0 radical (unpaired) electrons. The van der Waals surface area contributed by atoms with Gasteiger partial charge in [-0.15, -0.1) is 0 Å². The lowest BCUT2D eigenvalue weighted by Gasteiger charge is -2.12. The van der Waals surface area contributed by atoms with Crippen molar-refractivity contribution in [2.75, 3.05) is 5.73 Å². The van der Waals surface area contributed by atoms with E-state index < -0.39 is 17.8 Å². The first-order valence-corrected chi connectivity index (χ1v) is 5.19. The Morgan fingerprint density at radius 1 is 1.22 bits per heavy atom. The Morgan fingerprint density at radius 3 is 2.44 bits per heavy atom. The van der Waals surface area contributed by atoms with E-state index in [1.165, 1.54) is 12.1 Å². The maximum Gasteiger partial charge on any atom is 0.418 e. The van der Waals surface area contributed by atoms with Crippen molar-refractivity contribution in [1.82, 2.24) is 9.97 Å². The molecule has 1 heterocycles. The summed E-state index contributed by atoms with van der Waals surface area (Å²) in [4.78, 5) is 7.76. The highest BCUT2D eigenvalue weighted by Gasteiger charge is 2.33. The minimum atomic E-state index is -4.49. The van der Waals surface area contributed by atoms with E-state index in [1.807, 2.05) is 0 Å². The van der Waals surface area contributed by atoms with Crippen molar-refractivity contribution in [3.05, 3.63) is 29.6 Å². The SMILES string of the molecule is CC(N)c1nc(N)c2cccc(C(F)(F)F)c2n1. The number of nitrogens with two attached hydrogens (primary N) is 2. The topological polar surface area (TPSA) is 77.8 Å². The molecule has 0 spiro atoms. The molecule has 4 N–H and O–H groups in total. The van der Waals surface area contributed by atoms with E-state index in [1.54, 1.807) is 6.92 Å². The Kier molecular flexibility index (Phi) is 2.86. The molecule has 18 heavy (non-hydrogen) atoms. The van der Waals surface area contributed by atoms with Gasteiger partial charge in [-0.1, -0.05) is 6.07 Å². The number of alkyl halides is 3. The predicted molar refractivity (Wildman–Crippen MR) is 61.6 cm³/mol. The van der Waals surface area contributed by atoms with Crippen LogP contribution in [0.25, 0.3) is 10.9 Å². The summed E-state index contributed by atoms with van der Waals surface area (Å²) in [6.45, 7) is 1.58. The van der Waals surface area contributed by atoms with Gasteiger partial charge in [0.25, 0.3) is 0 Å². The second kappa shape index (κ2) is 4.09. The van der Waals surface area contributed by atoms with Gasteiger partial charge in [-0.3, -0.25) is 0 Å². The largest absolute Gasteiger partial charge is 0.418 e. The summed E-state index contributed by atoms with van der Waals surface area (Å²) in [7, 11) is 0. The number of rotatable bonds is 1. The van der Waals surface area contributed by atoms with Gasteiger partial charge in [0.1, 0.15) is 11.6 Å². The number of nitrogen functional groups attached to an aromatic ring is 1. The Hall–Kier alpha value is -1.89. The van der Waals surface area contributed by atoms with Crippen LogP contribution >= 0.6 is 0 Å². The van der Waals surface area contributed by atoms with E-state index in [0.29, 0.717) is 0 Å². The number of hydrogen-bond acceptors (Lipinski definition) is 4. The first-order valence-electron chi connectivity index (χ1n) is 5.19. The Morgan fingerprint density at radius 2 is 1.89 bits per heavy atom. The maximum absolute atomic E-state index is 12.8. The highest BCUT2D eigenvalue weighted by atomic mass is 19.4. The molecule has 0 fully saturated rings. The molecular formula is C11H11F3N4. The fourth-order valence-electron chi connectivity index (χ4n) is 1.63. The van der Waals surface area contributed by atoms with Crippen LogP contribution in [0, 0.1) is 0 Å². The summed E-state index contributed by atoms with van der Waals surface area (Å²) in [6, 6.07) is 3.10. The molecule has 1 aromatic heterocycles. The minimum absolute atomic E-state index is 0.00148. The second-order valence-electron chi connectivity index (χ2n) is 3.96. The zero-order valence-electron chi connectivity index (χ0n) is 9.49. The Balaban J connectivity index is 2.82. The first-order chi connectivity index (χ1) is 8.30. The molecule has 4 nitrogen and oxygen atoms in total. The van der Waals surface area contributed by atoms with Crippen LogP contribution in [0.2, 0.25) is 0 Å². The Labute approximate surface area is 101 Å². The van der Waals surface area contributed by atoms with Gasteiger partial charge in [0.2, 0.25) is 0 Å². The number of benzene rings is 1. The van der Waals surface area contributed by atoms with Gasteiger partial charge in [-0.25, -0.2) is 9.97 Å². The van der Waals surface area contributed by atoms with E-state index in [0.717, 1.165) is 6.07 Å². The molecule has 0 aliphatic rings. The van der Waals surface area contributed by atoms with E-state index in [9.17, 15) is 13.2 Å². The average Bonchev–Trinajstić information content (AvgIpc) is 2.26. The van der Waals surface area contributed by atoms with Crippen LogP contribution in [-0.2, 0) is 6.18 Å². The molecule has 0 saturated carbocycles. The lowest BCUT2D eigenvalue weighted by Crippen LogP contribution is -2.14. The highest BCUT2D eigenvalue weighted by Crippen LogP contribution is 2.35. The molecule has 0 bridgehead atoms. The van der Waals surface area contributed by atoms with E-state index in [4.69, 9.17) is 11.5 Å². The van der Waals surface area contributed by atoms with Gasteiger partial charge in [-0.2, -0.15) is 13.2 Å². The summed E-state index contributed by atoms with van der Waals surface area (Å²) < 4.78 is 38.5. The lowest BCUT2D eigenvalue weighted by molar-refractivity contribution is -0.136. The molecule has 2 rings (SSSR count). The third-order valence-electron chi connectivity index (χ3n) is 2.49. The number of halogens is 3. The first kappa shape index (κ1) is 12.6. The molecule has 96 valence electrons. The van der Waals surface area contributed by atoms with Gasteiger partial charge in [0.05, 0.1) is 17.1 Å². The van der Waals surface area contributed by atoms with Gasteiger partial charge in [-0.05, 0) is 19.1 Å².